The highest BCUT2D eigenvalue weighted by Gasteiger charge is 2.41. The smallest absolute Gasteiger partial charge is 0.282 e. The van der Waals surface area contributed by atoms with Gasteiger partial charge in [-0.15, -0.1) is 0 Å². The average Bonchev–Trinajstić information content (AvgIpc) is 3.19. The van der Waals surface area contributed by atoms with Crippen molar-refractivity contribution in [1.82, 2.24) is 5.32 Å². The Balaban J connectivity index is 1.78. The van der Waals surface area contributed by atoms with E-state index in [4.69, 9.17) is 4.74 Å². The van der Waals surface area contributed by atoms with Gasteiger partial charge >= 0.3 is 0 Å². The second-order valence-corrected chi connectivity index (χ2v) is 5.46. The van der Waals surface area contributed by atoms with Crippen molar-refractivity contribution in [2.45, 2.75) is 31.4 Å². The van der Waals surface area contributed by atoms with Crippen LogP contribution in [0.15, 0.2) is 18.2 Å². The largest absolute Gasteiger partial charge is 0.376 e. The number of nitrogens with zero attached hydrogens (tertiary/aromatic N) is 1. The molecule has 1 aliphatic heterocycles. The number of hydrogen-bond acceptors (Lipinski definition) is 4. The summed E-state index contributed by atoms with van der Waals surface area (Å²) in [5, 5.41) is 13.7. The molecule has 0 radical (unpaired) electrons. The van der Waals surface area contributed by atoms with Crippen molar-refractivity contribution in [2.24, 2.45) is 5.92 Å². The summed E-state index contributed by atoms with van der Waals surface area (Å²) < 4.78 is 18.9. The molecule has 1 aromatic carbocycles. The van der Waals surface area contributed by atoms with Crippen LogP contribution in [0.25, 0.3) is 0 Å². The fraction of sp³-hybridized carbons (Fsp3) is 0.500. The summed E-state index contributed by atoms with van der Waals surface area (Å²) in [6, 6.07) is 2.72. The molecule has 1 saturated carbocycles. The number of nitrogens with one attached hydrogen (secondary N) is 1. The summed E-state index contributed by atoms with van der Waals surface area (Å²) in [6.07, 6.45) is 2.81. The van der Waals surface area contributed by atoms with Crippen molar-refractivity contribution in [2.75, 3.05) is 6.61 Å². The van der Waals surface area contributed by atoms with E-state index in [2.05, 4.69) is 5.32 Å². The Morgan fingerprint density at radius 2 is 2.14 bits per heavy atom. The van der Waals surface area contributed by atoms with Crippen LogP contribution in [0.2, 0.25) is 0 Å². The Labute approximate surface area is 120 Å². The van der Waals surface area contributed by atoms with E-state index in [0.29, 0.717) is 18.9 Å². The lowest BCUT2D eigenvalue weighted by molar-refractivity contribution is -0.385. The minimum atomic E-state index is -0.683. The molecule has 2 fully saturated rings. The predicted octanol–water partition coefficient (Wildman–Crippen LogP) is 2.03. The van der Waals surface area contributed by atoms with Gasteiger partial charge in [0.25, 0.3) is 11.6 Å². The highest BCUT2D eigenvalue weighted by molar-refractivity contribution is 5.98. The predicted molar refractivity (Wildman–Crippen MR) is 71.4 cm³/mol. The first-order valence-corrected chi connectivity index (χ1v) is 6.92. The van der Waals surface area contributed by atoms with Gasteiger partial charge in [-0.1, -0.05) is 0 Å². The van der Waals surface area contributed by atoms with Crippen molar-refractivity contribution in [1.29, 1.82) is 0 Å². The zero-order chi connectivity index (χ0) is 15.0. The lowest BCUT2D eigenvalue weighted by Crippen LogP contribution is -2.41. The molecule has 21 heavy (non-hydrogen) atoms. The molecule has 3 rings (SSSR count). The van der Waals surface area contributed by atoms with Gasteiger partial charge in [-0.2, -0.15) is 0 Å². The molecule has 1 heterocycles. The third-order valence-corrected chi connectivity index (χ3v) is 3.94. The van der Waals surface area contributed by atoms with Gasteiger partial charge in [0.2, 0.25) is 0 Å². The fourth-order valence-electron chi connectivity index (χ4n) is 2.75. The van der Waals surface area contributed by atoms with E-state index in [1.165, 1.54) is 0 Å². The van der Waals surface area contributed by atoms with Crippen molar-refractivity contribution in [3.05, 3.63) is 39.7 Å². The summed E-state index contributed by atoms with van der Waals surface area (Å²) in [7, 11) is 0. The molecular formula is C14H15FN2O4. The van der Waals surface area contributed by atoms with Gasteiger partial charge in [-0.3, -0.25) is 14.9 Å². The van der Waals surface area contributed by atoms with E-state index in [1.807, 2.05) is 0 Å². The first kappa shape index (κ1) is 13.9. The SMILES string of the molecule is O=C(NC1CCOC1C1CC1)c1cc(F)ccc1[N+](=O)[O-]. The Morgan fingerprint density at radius 3 is 2.81 bits per heavy atom. The highest BCUT2D eigenvalue weighted by Crippen LogP contribution is 2.38. The van der Waals surface area contributed by atoms with Gasteiger partial charge in [-0.25, -0.2) is 4.39 Å². The number of halogens is 1. The molecule has 2 aliphatic rings. The quantitative estimate of drug-likeness (QED) is 0.680. The molecule has 0 spiro atoms. The number of rotatable bonds is 4. The number of carbonyl (C=O) groups excluding carboxylic acids is 1. The third-order valence-electron chi connectivity index (χ3n) is 3.94. The fourth-order valence-corrected chi connectivity index (χ4v) is 2.75. The van der Waals surface area contributed by atoms with Crippen LogP contribution in [-0.4, -0.2) is 29.6 Å². The molecule has 1 N–H and O–H groups in total. The molecule has 2 unspecified atom stereocenters. The monoisotopic (exact) mass is 294 g/mol. The maximum absolute atomic E-state index is 13.3. The van der Waals surface area contributed by atoms with Crippen molar-refractivity contribution in [3.63, 3.8) is 0 Å². The van der Waals surface area contributed by atoms with Crippen molar-refractivity contribution < 1.29 is 18.8 Å². The summed E-state index contributed by atoms with van der Waals surface area (Å²) in [5.41, 5.74) is -0.641. The molecule has 1 aromatic rings. The van der Waals surface area contributed by atoms with Crippen LogP contribution in [0.1, 0.15) is 29.6 Å². The van der Waals surface area contributed by atoms with E-state index < -0.39 is 22.3 Å². The van der Waals surface area contributed by atoms with E-state index in [9.17, 15) is 19.3 Å². The van der Waals surface area contributed by atoms with Gasteiger partial charge in [0.1, 0.15) is 11.4 Å². The number of hydrogen-bond donors (Lipinski definition) is 1. The number of nitro groups is 1. The first-order chi connectivity index (χ1) is 10.1. The van der Waals surface area contributed by atoms with E-state index in [0.717, 1.165) is 31.0 Å². The highest BCUT2D eigenvalue weighted by atomic mass is 19.1. The Kier molecular flexibility index (Phi) is 3.59. The molecule has 112 valence electrons. The summed E-state index contributed by atoms with van der Waals surface area (Å²) in [5.74, 6) is -0.838. The third kappa shape index (κ3) is 2.87. The van der Waals surface area contributed by atoms with E-state index >= 15 is 0 Å². The van der Waals surface area contributed by atoms with Crippen LogP contribution in [0.4, 0.5) is 10.1 Å². The maximum Gasteiger partial charge on any atom is 0.282 e. The zero-order valence-electron chi connectivity index (χ0n) is 11.3. The van der Waals surface area contributed by atoms with Crippen LogP contribution in [0.3, 0.4) is 0 Å². The number of amides is 1. The van der Waals surface area contributed by atoms with Crippen LogP contribution < -0.4 is 5.32 Å². The normalized spacial score (nSPS) is 24.8. The topological polar surface area (TPSA) is 81.5 Å². The number of benzene rings is 1. The molecular weight excluding hydrogens is 279 g/mol. The summed E-state index contributed by atoms with van der Waals surface area (Å²) in [4.78, 5) is 22.5. The maximum atomic E-state index is 13.3. The van der Waals surface area contributed by atoms with Crippen LogP contribution in [0.5, 0.6) is 0 Å². The zero-order valence-corrected chi connectivity index (χ0v) is 11.3. The standard InChI is InChI=1S/C14H15FN2O4/c15-9-3-4-12(17(19)20)10(7-9)14(18)16-11-5-6-21-13(11)8-1-2-8/h3-4,7-8,11,13H,1-2,5-6H2,(H,16,18). The van der Waals surface area contributed by atoms with Crippen molar-refractivity contribution in [3.8, 4) is 0 Å². The van der Waals surface area contributed by atoms with Gasteiger partial charge in [0.15, 0.2) is 0 Å². The molecule has 2 atom stereocenters. The Hall–Kier alpha value is -2.02. The molecule has 7 heteroatoms. The minimum Gasteiger partial charge on any atom is -0.376 e. The lowest BCUT2D eigenvalue weighted by Gasteiger charge is -2.19. The molecule has 0 aromatic heterocycles. The van der Waals surface area contributed by atoms with Gasteiger partial charge in [0, 0.05) is 12.7 Å². The summed E-state index contributed by atoms with van der Waals surface area (Å²) in [6.45, 7) is 0.567. The van der Waals surface area contributed by atoms with Crippen molar-refractivity contribution >= 4 is 11.6 Å². The number of ether oxygens (including phenoxy) is 1. The second kappa shape index (κ2) is 5.40. The molecule has 1 aliphatic carbocycles. The summed E-state index contributed by atoms with van der Waals surface area (Å²) >= 11 is 0. The molecule has 0 bridgehead atoms. The molecule has 1 amide bonds. The lowest BCUT2D eigenvalue weighted by atomic mass is 10.1. The van der Waals surface area contributed by atoms with E-state index in [1.54, 1.807) is 0 Å². The average molecular weight is 294 g/mol. The van der Waals surface area contributed by atoms with Gasteiger partial charge in [0.05, 0.1) is 17.1 Å². The van der Waals surface area contributed by atoms with Gasteiger partial charge < -0.3 is 10.1 Å². The second-order valence-electron chi connectivity index (χ2n) is 5.46. The van der Waals surface area contributed by atoms with Crippen LogP contribution in [-0.2, 0) is 4.74 Å². The molecule has 1 saturated heterocycles. The van der Waals surface area contributed by atoms with Gasteiger partial charge in [-0.05, 0) is 37.3 Å². The van der Waals surface area contributed by atoms with Crippen LogP contribution >= 0.6 is 0 Å². The molecule has 6 nitrogen and oxygen atoms in total. The Bertz CT molecular complexity index is 588. The Morgan fingerprint density at radius 1 is 1.38 bits per heavy atom. The number of carbonyl (C=O) groups is 1. The van der Waals surface area contributed by atoms with Crippen LogP contribution in [0, 0.1) is 21.8 Å². The van der Waals surface area contributed by atoms with E-state index in [-0.39, 0.29) is 17.7 Å². The minimum absolute atomic E-state index is 0.0263. The first-order valence-electron chi connectivity index (χ1n) is 6.92. The number of nitro benzene ring substituents is 1.